The van der Waals surface area contributed by atoms with E-state index in [4.69, 9.17) is 18.9 Å². The average molecular weight is 1290 g/mol. The van der Waals surface area contributed by atoms with E-state index in [2.05, 4.69) is 27.7 Å². The first kappa shape index (κ1) is 89.4. The summed E-state index contributed by atoms with van der Waals surface area (Å²) in [6, 6.07) is 0. The third-order valence-corrected chi connectivity index (χ3v) is 19.9. The first-order valence-corrected chi connectivity index (χ1v) is 42.0. The summed E-state index contributed by atoms with van der Waals surface area (Å²) in [6.45, 7) is 9.96. The summed E-state index contributed by atoms with van der Waals surface area (Å²) in [6.07, 6.45) is 89.9. The maximum Gasteiger partial charge on any atom is 0.305 e. The van der Waals surface area contributed by atoms with E-state index < -0.39 is 5.41 Å². The van der Waals surface area contributed by atoms with Crippen LogP contribution in [0.2, 0.25) is 0 Å². The van der Waals surface area contributed by atoms with Crippen molar-refractivity contribution in [1.29, 1.82) is 0 Å². The van der Waals surface area contributed by atoms with E-state index >= 15 is 0 Å². The molecule has 0 saturated carbocycles. The number of carbonyl (C=O) groups is 3. The Morgan fingerprint density at radius 2 is 0.330 bits per heavy atom. The van der Waals surface area contributed by atoms with Crippen molar-refractivity contribution < 1.29 is 33.3 Å². The lowest BCUT2D eigenvalue weighted by Gasteiger charge is -2.32. The number of esters is 3. The van der Waals surface area contributed by atoms with Gasteiger partial charge >= 0.3 is 17.9 Å². The Morgan fingerprint density at radius 1 is 0.187 bits per heavy atom. The summed E-state index contributed by atoms with van der Waals surface area (Å²) in [7, 11) is 0. The van der Waals surface area contributed by atoms with Crippen molar-refractivity contribution in [2.75, 3.05) is 33.0 Å². The van der Waals surface area contributed by atoms with E-state index in [0.717, 1.165) is 70.6 Å². The molecular formula is C84H164O7. The van der Waals surface area contributed by atoms with Gasteiger partial charge in [0.05, 0.1) is 12.0 Å². The molecule has 7 nitrogen and oxygen atoms in total. The van der Waals surface area contributed by atoms with Crippen molar-refractivity contribution in [1.82, 2.24) is 0 Å². The average Bonchev–Trinajstić information content (AvgIpc) is 2.43. The first-order chi connectivity index (χ1) is 44.9. The van der Waals surface area contributed by atoms with Crippen LogP contribution in [-0.2, 0) is 33.3 Å². The van der Waals surface area contributed by atoms with E-state index in [0.29, 0.717) is 25.9 Å². The summed E-state index contributed by atoms with van der Waals surface area (Å²) in [5, 5.41) is 0. The first-order valence-electron chi connectivity index (χ1n) is 42.0. The number of hydrogen-bond acceptors (Lipinski definition) is 7. The number of ether oxygens (including phenoxy) is 4. The van der Waals surface area contributed by atoms with Gasteiger partial charge in [0.15, 0.2) is 0 Å². The lowest BCUT2D eigenvalue weighted by atomic mass is 9.92. The second-order valence-corrected chi connectivity index (χ2v) is 29.4. The Morgan fingerprint density at radius 3 is 0.495 bits per heavy atom. The predicted octanol–water partition coefficient (Wildman–Crippen LogP) is 28.4. The number of unbranched alkanes of at least 4 members (excludes halogenated alkanes) is 64. The smallest absolute Gasteiger partial charge is 0.305 e. The third kappa shape index (κ3) is 72.5. The molecule has 0 aliphatic carbocycles. The summed E-state index contributed by atoms with van der Waals surface area (Å²) in [5.41, 5.74) is -0.966. The molecule has 0 saturated heterocycles. The van der Waals surface area contributed by atoms with Gasteiger partial charge in [0.2, 0.25) is 0 Å². The van der Waals surface area contributed by atoms with Gasteiger partial charge in [-0.15, -0.1) is 0 Å². The van der Waals surface area contributed by atoms with Gasteiger partial charge in [0.25, 0.3) is 0 Å². The molecule has 0 aromatic rings. The Bertz CT molecular complexity index is 1280. The SMILES string of the molecule is CCCCCCCCCCCCCCCCCCCOCC(COC(=O)CCCCCCCCCCCCCCCCCCC)(COC(=O)CCCCCCCCCCCCCCCCCCC)COC(=O)CCCCCCCCCCCCCCCCCCC. The van der Waals surface area contributed by atoms with E-state index in [1.807, 2.05) is 0 Å². The molecule has 0 N–H and O–H groups in total. The fourth-order valence-corrected chi connectivity index (χ4v) is 13.4. The molecule has 0 bridgehead atoms. The molecule has 0 aromatic heterocycles. The quantitative estimate of drug-likeness (QED) is 0.0340. The lowest BCUT2D eigenvalue weighted by Crippen LogP contribution is -2.43. The highest BCUT2D eigenvalue weighted by Crippen LogP contribution is 2.25. The van der Waals surface area contributed by atoms with Crippen molar-refractivity contribution in [2.24, 2.45) is 5.41 Å². The van der Waals surface area contributed by atoms with Crippen LogP contribution in [0.3, 0.4) is 0 Å². The zero-order chi connectivity index (χ0) is 65.8. The molecule has 0 aliphatic heterocycles. The molecule has 0 rings (SSSR count). The molecule has 0 amide bonds. The Balaban J connectivity index is 5.29. The van der Waals surface area contributed by atoms with Gasteiger partial charge in [0, 0.05) is 25.9 Å². The van der Waals surface area contributed by atoms with Crippen molar-refractivity contribution >= 4 is 17.9 Å². The van der Waals surface area contributed by atoms with Gasteiger partial charge < -0.3 is 18.9 Å². The summed E-state index contributed by atoms with van der Waals surface area (Å²) in [5.74, 6) is -0.700. The van der Waals surface area contributed by atoms with Crippen molar-refractivity contribution in [3.05, 3.63) is 0 Å². The standard InChI is InChI=1S/C84H164O7/c1-5-9-13-17-21-25-29-33-37-41-45-49-53-57-61-65-69-73-81(85)89-78-84(77-88-76-72-68-64-60-56-52-48-44-40-36-32-28-24-20-16-12-8-4,79-90-82(86)74-70-66-62-58-54-50-46-42-38-34-30-26-22-18-14-10-6-2)80-91-83(87)75-71-67-63-59-55-51-47-43-39-35-31-27-23-19-15-11-7-3/h5-80H2,1-4H3. The monoisotopic (exact) mass is 1290 g/mol. The highest BCUT2D eigenvalue weighted by molar-refractivity contribution is 5.70. The van der Waals surface area contributed by atoms with Crippen molar-refractivity contribution in [2.45, 2.75) is 484 Å². The molecule has 0 atom stereocenters. The number of carbonyl (C=O) groups excluding carboxylic acids is 3. The van der Waals surface area contributed by atoms with Crippen LogP contribution in [-0.4, -0.2) is 50.9 Å². The van der Waals surface area contributed by atoms with Crippen LogP contribution in [0.15, 0.2) is 0 Å². The van der Waals surface area contributed by atoms with Gasteiger partial charge in [-0.05, 0) is 25.7 Å². The van der Waals surface area contributed by atoms with Crippen LogP contribution in [0, 0.1) is 5.41 Å². The van der Waals surface area contributed by atoms with Crippen LogP contribution >= 0.6 is 0 Å². The molecule has 0 aromatic carbocycles. The normalized spacial score (nSPS) is 11.7. The molecule has 0 aliphatic rings. The molecule has 7 heteroatoms. The van der Waals surface area contributed by atoms with Crippen molar-refractivity contribution in [3.8, 4) is 0 Å². The second kappa shape index (κ2) is 77.4. The fourth-order valence-electron chi connectivity index (χ4n) is 13.4. The van der Waals surface area contributed by atoms with E-state index in [1.165, 1.54) is 366 Å². The molecule has 0 heterocycles. The van der Waals surface area contributed by atoms with Crippen LogP contribution < -0.4 is 0 Å². The van der Waals surface area contributed by atoms with E-state index in [9.17, 15) is 14.4 Å². The van der Waals surface area contributed by atoms with Gasteiger partial charge in [-0.1, -0.05) is 439 Å². The highest BCUT2D eigenvalue weighted by atomic mass is 16.6. The largest absolute Gasteiger partial charge is 0.465 e. The highest BCUT2D eigenvalue weighted by Gasteiger charge is 2.37. The van der Waals surface area contributed by atoms with Gasteiger partial charge in [-0.25, -0.2) is 0 Å². The molecule has 542 valence electrons. The minimum Gasteiger partial charge on any atom is -0.465 e. The molecule has 91 heavy (non-hydrogen) atoms. The summed E-state index contributed by atoms with van der Waals surface area (Å²) in [4.78, 5) is 40.4. The molecular weight excluding hydrogens is 1120 g/mol. The number of hydrogen-bond donors (Lipinski definition) is 0. The Kier molecular flexibility index (Phi) is 76.0. The molecule has 0 spiro atoms. The summed E-state index contributed by atoms with van der Waals surface area (Å²) < 4.78 is 24.7. The van der Waals surface area contributed by atoms with Gasteiger partial charge in [0.1, 0.15) is 19.8 Å². The third-order valence-electron chi connectivity index (χ3n) is 19.9. The zero-order valence-corrected chi connectivity index (χ0v) is 62.6. The molecule has 0 fully saturated rings. The zero-order valence-electron chi connectivity index (χ0n) is 62.6. The minimum atomic E-state index is -0.966. The molecule has 0 unspecified atom stereocenters. The Labute approximate surface area is 570 Å². The van der Waals surface area contributed by atoms with Crippen LogP contribution in [0.4, 0.5) is 0 Å². The van der Waals surface area contributed by atoms with Crippen molar-refractivity contribution in [3.63, 3.8) is 0 Å². The van der Waals surface area contributed by atoms with E-state index in [-0.39, 0.29) is 44.3 Å². The maximum atomic E-state index is 13.5. The van der Waals surface area contributed by atoms with Crippen LogP contribution in [0.25, 0.3) is 0 Å². The summed E-state index contributed by atoms with van der Waals surface area (Å²) >= 11 is 0. The lowest BCUT2D eigenvalue weighted by molar-refractivity contribution is -0.167. The molecule has 0 radical (unpaired) electrons. The van der Waals surface area contributed by atoms with Crippen LogP contribution in [0.1, 0.15) is 484 Å². The van der Waals surface area contributed by atoms with Gasteiger partial charge in [-0.2, -0.15) is 0 Å². The van der Waals surface area contributed by atoms with E-state index in [1.54, 1.807) is 0 Å². The fraction of sp³-hybridized carbons (Fsp3) is 0.964. The van der Waals surface area contributed by atoms with Crippen LogP contribution in [0.5, 0.6) is 0 Å². The predicted molar refractivity (Wildman–Crippen MR) is 397 cm³/mol. The number of rotatable bonds is 80. The topological polar surface area (TPSA) is 88.1 Å². The Hall–Kier alpha value is -1.63. The van der Waals surface area contributed by atoms with Gasteiger partial charge in [-0.3, -0.25) is 14.4 Å². The minimum absolute atomic E-state index is 0.00263. The maximum absolute atomic E-state index is 13.5. The second-order valence-electron chi connectivity index (χ2n) is 29.4.